The van der Waals surface area contributed by atoms with Gasteiger partial charge < -0.3 is 21.5 Å². The number of nitrogens with zero attached hydrogens (tertiary/aromatic N) is 1. The van der Waals surface area contributed by atoms with E-state index in [1.165, 1.54) is 0 Å². The van der Waals surface area contributed by atoms with Gasteiger partial charge in [-0.05, 0) is 37.0 Å². The Labute approximate surface area is 181 Å². The number of hydrogen-bond donors (Lipinski definition) is 4. The van der Waals surface area contributed by atoms with Crippen molar-refractivity contribution < 1.29 is 19.5 Å². The molecule has 8 nitrogen and oxygen atoms in total. The lowest BCUT2D eigenvalue weighted by Gasteiger charge is -2.25. The summed E-state index contributed by atoms with van der Waals surface area (Å²) in [6.07, 6.45) is 0.0185. The summed E-state index contributed by atoms with van der Waals surface area (Å²) < 4.78 is 0. The molecule has 3 amide bonds. The molecule has 2 rings (SSSR count). The number of carbonyl (C=O) groups excluding carboxylic acids is 3. The third-order valence-electron chi connectivity index (χ3n) is 4.76. The number of aliphatic hydroxyl groups excluding tert-OH is 1. The van der Waals surface area contributed by atoms with Crippen LogP contribution in [0.3, 0.4) is 0 Å². The number of nitriles is 1. The van der Waals surface area contributed by atoms with E-state index < -0.39 is 35.9 Å². The molecule has 0 saturated heterocycles. The maximum atomic E-state index is 12.7. The smallest absolute Gasteiger partial charge is 0.252 e. The number of rotatable bonds is 11. The summed E-state index contributed by atoms with van der Waals surface area (Å²) in [5, 5.41) is 24.5. The number of primary amides is 1. The van der Waals surface area contributed by atoms with Gasteiger partial charge in [0.1, 0.15) is 6.04 Å². The molecule has 162 valence electrons. The molecule has 5 N–H and O–H groups in total. The van der Waals surface area contributed by atoms with Crippen LogP contribution in [0.1, 0.15) is 47.6 Å². The van der Waals surface area contributed by atoms with Gasteiger partial charge in [0, 0.05) is 12.0 Å². The van der Waals surface area contributed by atoms with Crippen molar-refractivity contribution >= 4 is 17.7 Å². The Morgan fingerprint density at radius 1 is 0.968 bits per heavy atom. The highest BCUT2D eigenvalue weighted by Crippen LogP contribution is 2.19. The molecule has 0 aliphatic heterocycles. The normalized spacial score (nSPS) is 13.3. The minimum Gasteiger partial charge on any atom is -0.381 e. The summed E-state index contributed by atoms with van der Waals surface area (Å²) in [4.78, 5) is 37.1. The molecule has 3 atom stereocenters. The fraction of sp³-hybridized carbons (Fsp3) is 0.304. The van der Waals surface area contributed by atoms with E-state index in [0.29, 0.717) is 30.4 Å². The molecule has 0 aromatic heterocycles. The molecule has 0 radical (unpaired) electrons. The molecule has 0 aliphatic rings. The van der Waals surface area contributed by atoms with E-state index >= 15 is 0 Å². The Balaban J connectivity index is 2.14. The molecule has 0 saturated carbocycles. The van der Waals surface area contributed by atoms with E-state index in [4.69, 9.17) is 11.0 Å². The first-order valence-corrected chi connectivity index (χ1v) is 9.99. The van der Waals surface area contributed by atoms with Crippen LogP contribution in [0.5, 0.6) is 0 Å². The van der Waals surface area contributed by atoms with Crippen LogP contribution in [0.4, 0.5) is 0 Å². The SMILES string of the molecule is N#CCCCC[C@@H](NC(=O)[C@H](O)[C@@H](NC(=O)c1ccccc1)c1ccccc1)C(N)=O. The van der Waals surface area contributed by atoms with E-state index in [-0.39, 0.29) is 6.42 Å². The molecule has 0 unspecified atom stereocenters. The van der Waals surface area contributed by atoms with Gasteiger partial charge >= 0.3 is 0 Å². The van der Waals surface area contributed by atoms with Crippen LogP contribution >= 0.6 is 0 Å². The second-order valence-corrected chi connectivity index (χ2v) is 7.04. The Kier molecular flexibility index (Phi) is 9.20. The Morgan fingerprint density at radius 3 is 2.16 bits per heavy atom. The second-order valence-electron chi connectivity index (χ2n) is 7.04. The molecule has 0 heterocycles. The zero-order chi connectivity index (χ0) is 22.6. The number of unbranched alkanes of at least 4 members (excludes halogenated alkanes) is 2. The summed E-state index contributed by atoms with van der Waals surface area (Å²) in [7, 11) is 0. The first kappa shape index (κ1) is 23.6. The lowest BCUT2D eigenvalue weighted by Crippen LogP contribution is -2.51. The van der Waals surface area contributed by atoms with Crippen LogP contribution in [0.2, 0.25) is 0 Å². The number of hydrogen-bond acceptors (Lipinski definition) is 5. The largest absolute Gasteiger partial charge is 0.381 e. The van der Waals surface area contributed by atoms with Gasteiger partial charge in [-0.1, -0.05) is 48.5 Å². The number of carbonyl (C=O) groups is 3. The highest BCUT2D eigenvalue weighted by molar-refractivity contribution is 5.95. The predicted octanol–water partition coefficient (Wildman–Crippen LogP) is 1.57. The van der Waals surface area contributed by atoms with Crippen molar-refractivity contribution in [1.29, 1.82) is 5.26 Å². The zero-order valence-electron chi connectivity index (χ0n) is 17.0. The van der Waals surface area contributed by atoms with Gasteiger partial charge in [0.15, 0.2) is 6.10 Å². The van der Waals surface area contributed by atoms with Crippen molar-refractivity contribution in [2.45, 2.75) is 43.9 Å². The lowest BCUT2D eigenvalue weighted by atomic mass is 9.99. The van der Waals surface area contributed by atoms with E-state index in [0.717, 1.165) is 0 Å². The van der Waals surface area contributed by atoms with Gasteiger partial charge in [0.05, 0.1) is 12.1 Å². The second kappa shape index (κ2) is 12.1. The number of nitrogens with one attached hydrogen (secondary N) is 2. The molecule has 2 aromatic rings. The number of aliphatic hydroxyl groups is 1. The van der Waals surface area contributed by atoms with Crippen LogP contribution in [-0.4, -0.2) is 35.0 Å². The van der Waals surface area contributed by atoms with Gasteiger partial charge in [0.2, 0.25) is 5.91 Å². The van der Waals surface area contributed by atoms with Gasteiger partial charge in [-0.2, -0.15) is 5.26 Å². The van der Waals surface area contributed by atoms with Crippen LogP contribution in [-0.2, 0) is 9.59 Å². The van der Waals surface area contributed by atoms with Crippen molar-refractivity contribution in [3.8, 4) is 6.07 Å². The molecule has 0 aliphatic carbocycles. The third-order valence-corrected chi connectivity index (χ3v) is 4.76. The zero-order valence-corrected chi connectivity index (χ0v) is 17.0. The molecule has 8 heteroatoms. The van der Waals surface area contributed by atoms with Crippen LogP contribution < -0.4 is 16.4 Å². The fourth-order valence-corrected chi connectivity index (χ4v) is 3.07. The average molecular weight is 422 g/mol. The molecule has 0 fully saturated rings. The Morgan fingerprint density at radius 2 is 1.58 bits per heavy atom. The standard InChI is InChI=1S/C23H26N4O4/c24-15-9-3-8-14-18(21(25)29)26-23(31)20(28)19(16-10-4-1-5-11-16)27-22(30)17-12-6-2-7-13-17/h1-2,4-7,10-13,18-20,28H,3,8-9,14H2,(H2,25,29)(H,26,31)(H,27,30)/t18-,19+,20-/m1/s1. The van der Waals surface area contributed by atoms with E-state index in [1.807, 2.05) is 6.07 Å². The fourth-order valence-electron chi connectivity index (χ4n) is 3.07. The van der Waals surface area contributed by atoms with E-state index in [9.17, 15) is 19.5 Å². The molecule has 2 aromatic carbocycles. The summed E-state index contributed by atoms with van der Waals surface area (Å²) in [6, 6.07) is 17.0. The lowest BCUT2D eigenvalue weighted by molar-refractivity contribution is -0.134. The molecular formula is C23H26N4O4. The highest BCUT2D eigenvalue weighted by Gasteiger charge is 2.31. The van der Waals surface area contributed by atoms with Gasteiger partial charge in [0.25, 0.3) is 11.8 Å². The Hall–Kier alpha value is -3.70. The topological polar surface area (TPSA) is 145 Å². The minimum absolute atomic E-state index is 0.252. The van der Waals surface area contributed by atoms with E-state index in [2.05, 4.69) is 10.6 Å². The van der Waals surface area contributed by atoms with Gasteiger partial charge in [-0.3, -0.25) is 14.4 Å². The Bertz CT molecular complexity index is 912. The molecule has 31 heavy (non-hydrogen) atoms. The molecule has 0 bridgehead atoms. The van der Waals surface area contributed by atoms with Crippen molar-refractivity contribution in [3.63, 3.8) is 0 Å². The maximum Gasteiger partial charge on any atom is 0.252 e. The number of amides is 3. The van der Waals surface area contributed by atoms with E-state index in [1.54, 1.807) is 60.7 Å². The summed E-state index contributed by atoms with van der Waals surface area (Å²) in [6.45, 7) is 0. The number of benzene rings is 2. The minimum atomic E-state index is -1.66. The maximum absolute atomic E-state index is 12.7. The van der Waals surface area contributed by atoms with Crippen molar-refractivity contribution in [2.75, 3.05) is 0 Å². The first-order valence-electron chi connectivity index (χ1n) is 9.99. The third kappa shape index (κ3) is 7.24. The predicted molar refractivity (Wildman–Crippen MR) is 114 cm³/mol. The van der Waals surface area contributed by atoms with Crippen LogP contribution in [0, 0.1) is 11.3 Å². The van der Waals surface area contributed by atoms with Gasteiger partial charge in [-0.25, -0.2) is 0 Å². The number of nitrogens with two attached hydrogens (primary N) is 1. The van der Waals surface area contributed by atoms with Crippen molar-refractivity contribution in [1.82, 2.24) is 10.6 Å². The summed E-state index contributed by atoms with van der Waals surface area (Å²) in [5.74, 6) is -2.02. The first-order chi connectivity index (χ1) is 14.9. The van der Waals surface area contributed by atoms with Crippen molar-refractivity contribution in [3.05, 3.63) is 71.8 Å². The molecular weight excluding hydrogens is 396 g/mol. The molecule has 0 spiro atoms. The average Bonchev–Trinajstić information content (AvgIpc) is 2.79. The van der Waals surface area contributed by atoms with Crippen LogP contribution in [0.25, 0.3) is 0 Å². The van der Waals surface area contributed by atoms with Gasteiger partial charge in [-0.15, -0.1) is 0 Å². The summed E-state index contributed by atoms with van der Waals surface area (Å²) >= 11 is 0. The highest BCUT2D eigenvalue weighted by atomic mass is 16.3. The van der Waals surface area contributed by atoms with Crippen LogP contribution in [0.15, 0.2) is 60.7 Å². The monoisotopic (exact) mass is 422 g/mol. The van der Waals surface area contributed by atoms with Crippen molar-refractivity contribution in [2.24, 2.45) is 5.73 Å². The summed E-state index contributed by atoms with van der Waals surface area (Å²) in [5.41, 5.74) is 6.28. The quantitative estimate of drug-likeness (QED) is 0.406.